The van der Waals surface area contributed by atoms with Crippen LogP contribution in [0.15, 0.2) is 24.3 Å². The van der Waals surface area contributed by atoms with Crippen molar-refractivity contribution >= 4 is 0 Å². The summed E-state index contributed by atoms with van der Waals surface area (Å²) in [5.41, 5.74) is 1.21. The fraction of sp³-hybridized carbons (Fsp3) is 0.647. The molecule has 0 bridgehead atoms. The molecular formula is C17H26O2. The minimum absolute atomic E-state index is 0.666. The fourth-order valence-corrected chi connectivity index (χ4v) is 3.00. The average molecular weight is 262 g/mol. The quantitative estimate of drug-likeness (QED) is 0.870. The van der Waals surface area contributed by atoms with Crippen LogP contribution in [0.3, 0.4) is 0 Å². The van der Waals surface area contributed by atoms with Gasteiger partial charge >= 0.3 is 0 Å². The molecule has 1 aromatic carbocycles. The Morgan fingerprint density at radius 1 is 1.21 bits per heavy atom. The Morgan fingerprint density at radius 3 is 2.32 bits per heavy atom. The van der Waals surface area contributed by atoms with Crippen LogP contribution < -0.4 is 0 Å². The van der Waals surface area contributed by atoms with Crippen LogP contribution in [0, 0.1) is 5.92 Å². The summed E-state index contributed by atoms with van der Waals surface area (Å²) in [5, 5.41) is 21.1. The largest absolute Gasteiger partial charge is 0.387 e. The summed E-state index contributed by atoms with van der Waals surface area (Å²) in [4.78, 5) is 0. The van der Waals surface area contributed by atoms with Gasteiger partial charge in [0.05, 0.1) is 5.60 Å². The molecule has 2 N–H and O–H groups in total. The van der Waals surface area contributed by atoms with Gasteiger partial charge in [-0.1, -0.05) is 44.5 Å². The van der Waals surface area contributed by atoms with Gasteiger partial charge in [0.15, 0.2) is 0 Å². The van der Waals surface area contributed by atoms with Gasteiger partial charge in [0.2, 0.25) is 0 Å². The highest BCUT2D eigenvalue weighted by Gasteiger charge is 2.39. The van der Waals surface area contributed by atoms with Gasteiger partial charge in [0.25, 0.3) is 0 Å². The predicted molar refractivity (Wildman–Crippen MR) is 78.0 cm³/mol. The molecule has 2 nitrogen and oxygen atoms in total. The summed E-state index contributed by atoms with van der Waals surface area (Å²) in [6, 6.07) is 8.06. The van der Waals surface area contributed by atoms with Gasteiger partial charge in [-0.15, -0.1) is 0 Å². The minimum atomic E-state index is -0.932. The molecule has 1 saturated carbocycles. The Labute approximate surface area is 116 Å². The van der Waals surface area contributed by atoms with Crippen molar-refractivity contribution in [1.29, 1.82) is 0 Å². The number of aliphatic hydroxyl groups is 2. The monoisotopic (exact) mass is 262 g/mol. The van der Waals surface area contributed by atoms with Crippen LogP contribution in [0.25, 0.3) is 0 Å². The Balaban J connectivity index is 2.08. The molecule has 2 heteroatoms. The lowest BCUT2D eigenvalue weighted by Crippen LogP contribution is -2.39. The lowest BCUT2D eigenvalue weighted by Gasteiger charge is -2.38. The molecule has 0 aromatic heterocycles. The maximum atomic E-state index is 10.6. The molecule has 0 amide bonds. The van der Waals surface area contributed by atoms with E-state index in [-0.39, 0.29) is 0 Å². The molecule has 1 aliphatic carbocycles. The van der Waals surface area contributed by atoms with Crippen molar-refractivity contribution in [2.45, 2.75) is 64.1 Å². The van der Waals surface area contributed by atoms with Crippen LogP contribution in [-0.4, -0.2) is 15.8 Å². The van der Waals surface area contributed by atoms with Crippen LogP contribution in [0.5, 0.6) is 0 Å². The number of benzene rings is 1. The summed E-state index contributed by atoms with van der Waals surface area (Å²) in [5.74, 6) is 0.666. The SMILES string of the molecule is CCCc1ccc(C(O)C2(O)CCC(C)CC2)cc1. The van der Waals surface area contributed by atoms with Gasteiger partial charge in [-0.05, 0) is 49.1 Å². The number of hydrogen-bond donors (Lipinski definition) is 2. The molecule has 0 spiro atoms. The topological polar surface area (TPSA) is 40.5 Å². The number of aryl methyl sites for hydroxylation is 1. The zero-order valence-corrected chi connectivity index (χ0v) is 12.1. The third-order valence-corrected chi connectivity index (χ3v) is 4.48. The molecule has 1 unspecified atom stereocenters. The van der Waals surface area contributed by atoms with Crippen LogP contribution in [0.1, 0.15) is 63.2 Å². The van der Waals surface area contributed by atoms with E-state index in [0.29, 0.717) is 18.8 Å². The predicted octanol–water partition coefficient (Wildman–Crippen LogP) is 3.61. The summed E-state index contributed by atoms with van der Waals surface area (Å²) in [6.07, 6.45) is 4.85. The third-order valence-electron chi connectivity index (χ3n) is 4.48. The third kappa shape index (κ3) is 3.37. The van der Waals surface area contributed by atoms with Gasteiger partial charge in [0, 0.05) is 0 Å². The van der Waals surface area contributed by atoms with Gasteiger partial charge < -0.3 is 10.2 Å². The maximum absolute atomic E-state index is 10.6. The second-order valence-electron chi connectivity index (χ2n) is 6.18. The summed E-state index contributed by atoms with van der Waals surface area (Å²) in [6.45, 7) is 4.38. The Morgan fingerprint density at radius 2 is 1.79 bits per heavy atom. The standard InChI is InChI=1S/C17H26O2/c1-3-4-14-5-7-15(8-6-14)16(18)17(19)11-9-13(2)10-12-17/h5-8,13,16,18-19H,3-4,9-12H2,1-2H3. The maximum Gasteiger partial charge on any atom is 0.108 e. The highest BCUT2D eigenvalue weighted by atomic mass is 16.3. The first-order valence-electron chi connectivity index (χ1n) is 7.54. The first-order valence-corrected chi connectivity index (χ1v) is 7.54. The summed E-state index contributed by atoms with van der Waals surface area (Å²) in [7, 11) is 0. The van der Waals surface area contributed by atoms with Gasteiger partial charge in [-0.2, -0.15) is 0 Å². The van der Waals surface area contributed by atoms with E-state index < -0.39 is 11.7 Å². The highest BCUT2D eigenvalue weighted by Crippen LogP contribution is 2.40. The molecule has 0 aliphatic heterocycles. The first-order chi connectivity index (χ1) is 9.05. The van der Waals surface area contributed by atoms with Gasteiger partial charge in [0.1, 0.15) is 6.10 Å². The Bertz CT molecular complexity index is 388. The lowest BCUT2D eigenvalue weighted by atomic mass is 9.75. The number of rotatable bonds is 4. The molecule has 1 aliphatic rings. The van der Waals surface area contributed by atoms with Crippen molar-refractivity contribution in [3.63, 3.8) is 0 Å². The molecule has 0 saturated heterocycles. The van der Waals surface area contributed by atoms with Crippen LogP contribution in [-0.2, 0) is 6.42 Å². The molecule has 19 heavy (non-hydrogen) atoms. The van der Waals surface area contributed by atoms with Crippen molar-refractivity contribution in [1.82, 2.24) is 0 Å². The second kappa shape index (κ2) is 6.06. The number of aliphatic hydroxyl groups excluding tert-OH is 1. The Hall–Kier alpha value is -0.860. The lowest BCUT2D eigenvalue weighted by molar-refractivity contribution is -0.105. The second-order valence-corrected chi connectivity index (χ2v) is 6.18. The smallest absolute Gasteiger partial charge is 0.108 e. The van der Waals surface area contributed by atoms with E-state index in [1.54, 1.807) is 0 Å². The molecular weight excluding hydrogens is 236 g/mol. The molecule has 1 aromatic rings. The van der Waals surface area contributed by atoms with E-state index in [9.17, 15) is 10.2 Å². The van der Waals surface area contributed by atoms with Crippen molar-refractivity contribution in [2.24, 2.45) is 5.92 Å². The highest BCUT2D eigenvalue weighted by molar-refractivity contribution is 5.26. The van der Waals surface area contributed by atoms with Crippen molar-refractivity contribution in [2.75, 3.05) is 0 Å². The van der Waals surface area contributed by atoms with Crippen molar-refractivity contribution in [3.8, 4) is 0 Å². The van der Waals surface area contributed by atoms with Crippen LogP contribution in [0.4, 0.5) is 0 Å². The van der Waals surface area contributed by atoms with E-state index in [4.69, 9.17) is 0 Å². The summed E-state index contributed by atoms with van der Waals surface area (Å²) < 4.78 is 0. The number of hydrogen-bond acceptors (Lipinski definition) is 2. The molecule has 106 valence electrons. The Kier molecular flexibility index (Phi) is 4.64. The van der Waals surface area contributed by atoms with Crippen LogP contribution in [0.2, 0.25) is 0 Å². The van der Waals surface area contributed by atoms with E-state index in [1.165, 1.54) is 5.56 Å². The summed E-state index contributed by atoms with van der Waals surface area (Å²) >= 11 is 0. The first kappa shape index (κ1) is 14.5. The molecule has 0 heterocycles. The van der Waals surface area contributed by atoms with E-state index in [0.717, 1.165) is 31.2 Å². The van der Waals surface area contributed by atoms with E-state index in [2.05, 4.69) is 26.0 Å². The van der Waals surface area contributed by atoms with E-state index >= 15 is 0 Å². The van der Waals surface area contributed by atoms with Crippen LogP contribution >= 0.6 is 0 Å². The molecule has 0 radical (unpaired) electrons. The minimum Gasteiger partial charge on any atom is -0.387 e. The fourth-order valence-electron chi connectivity index (χ4n) is 3.00. The van der Waals surface area contributed by atoms with Gasteiger partial charge in [-0.3, -0.25) is 0 Å². The van der Waals surface area contributed by atoms with Gasteiger partial charge in [-0.25, -0.2) is 0 Å². The normalized spacial score (nSPS) is 29.2. The zero-order valence-electron chi connectivity index (χ0n) is 12.1. The van der Waals surface area contributed by atoms with E-state index in [1.807, 2.05) is 12.1 Å². The zero-order chi connectivity index (χ0) is 13.9. The molecule has 2 rings (SSSR count). The average Bonchev–Trinajstić information content (AvgIpc) is 2.43. The molecule has 1 fully saturated rings. The van der Waals surface area contributed by atoms with Crippen molar-refractivity contribution < 1.29 is 10.2 Å². The van der Waals surface area contributed by atoms with Crippen molar-refractivity contribution in [3.05, 3.63) is 35.4 Å². The molecule has 1 atom stereocenters.